The van der Waals surface area contributed by atoms with Crippen molar-refractivity contribution in [3.63, 3.8) is 0 Å². The summed E-state index contributed by atoms with van der Waals surface area (Å²) < 4.78 is 5.26. The first kappa shape index (κ1) is 12.1. The lowest BCUT2D eigenvalue weighted by Gasteiger charge is -2.10. The summed E-state index contributed by atoms with van der Waals surface area (Å²) >= 11 is 0. The maximum atomic E-state index is 5.26. The molecule has 0 amide bonds. The molecule has 0 aromatic heterocycles. The molecule has 0 saturated heterocycles. The smallest absolute Gasteiger partial charge is 0.119 e. The van der Waals surface area contributed by atoms with E-state index in [0.717, 1.165) is 12.2 Å². The van der Waals surface area contributed by atoms with Crippen molar-refractivity contribution < 1.29 is 4.74 Å². The van der Waals surface area contributed by atoms with Crippen molar-refractivity contribution in [2.75, 3.05) is 7.11 Å². The van der Waals surface area contributed by atoms with Crippen LogP contribution in [0.25, 0.3) is 0 Å². The summed E-state index contributed by atoms with van der Waals surface area (Å²) in [6, 6.07) is 6.48. The minimum Gasteiger partial charge on any atom is -0.497 e. The van der Waals surface area contributed by atoms with E-state index in [0.29, 0.717) is 0 Å². The fourth-order valence-corrected chi connectivity index (χ4v) is 1.84. The lowest BCUT2D eigenvalue weighted by molar-refractivity contribution is 0.414. The first-order chi connectivity index (χ1) is 7.31. The van der Waals surface area contributed by atoms with Crippen molar-refractivity contribution in [2.24, 2.45) is 0 Å². The molecule has 0 aliphatic carbocycles. The predicted molar refractivity (Wildman–Crippen MR) is 65.6 cm³/mol. The van der Waals surface area contributed by atoms with E-state index in [1.807, 2.05) is 0 Å². The molecule has 15 heavy (non-hydrogen) atoms. The van der Waals surface area contributed by atoms with Gasteiger partial charge in [-0.3, -0.25) is 0 Å². The van der Waals surface area contributed by atoms with E-state index in [1.165, 1.54) is 36.8 Å². The third kappa shape index (κ3) is 3.58. The van der Waals surface area contributed by atoms with Crippen LogP contribution in [0.5, 0.6) is 5.75 Å². The maximum absolute atomic E-state index is 5.26. The molecule has 1 nitrogen and oxygen atoms in total. The minimum absolute atomic E-state index is 0.985. The molecule has 0 saturated carbocycles. The Morgan fingerprint density at radius 3 is 2.40 bits per heavy atom. The average molecular weight is 206 g/mol. The van der Waals surface area contributed by atoms with Crippen LogP contribution < -0.4 is 4.74 Å². The number of hydrogen-bond donors (Lipinski definition) is 0. The van der Waals surface area contributed by atoms with Gasteiger partial charge in [0, 0.05) is 0 Å². The third-order valence-electron chi connectivity index (χ3n) is 2.73. The predicted octanol–water partition coefficient (Wildman–Crippen LogP) is 3.99. The van der Waals surface area contributed by atoms with Crippen molar-refractivity contribution in [1.82, 2.24) is 0 Å². The standard InChI is InChI=1S/C14H22O/c1-4-6-8-12-9-10-14(15-3)11-13(12)7-5-2/h9-11H,4-8H2,1-3H3. The Morgan fingerprint density at radius 2 is 1.80 bits per heavy atom. The summed E-state index contributed by atoms with van der Waals surface area (Å²) in [7, 11) is 1.73. The van der Waals surface area contributed by atoms with Crippen molar-refractivity contribution in [3.05, 3.63) is 29.3 Å². The number of hydrogen-bond acceptors (Lipinski definition) is 1. The molecule has 0 bridgehead atoms. The highest BCUT2D eigenvalue weighted by atomic mass is 16.5. The summed E-state index contributed by atoms with van der Waals surface area (Å²) in [6.07, 6.45) is 6.11. The van der Waals surface area contributed by atoms with E-state index in [4.69, 9.17) is 4.74 Å². The van der Waals surface area contributed by atoms with Crippen LogP contribution in [0.1, 0.15) is 44.2 Å². The van der Waals surface area contributed by atoms with Crippen LogP contribution in [-0.4, -0.2) is 7.11 Å². The maximum Gasteiger partial charge on any atom is 0.119 e. The van der Waals surface area contributed by atoms with Gasteiger partial charge in [0.1, 0.15) is 5.75 Å². The van der Waals surface area contributed by atoms with Crippen LogP contribution in [0.2, 0.25) is 0 Å². The molecule has 0 spiro atoms. The molecular weight excluding hydrogens is 184 g/mol. The molecule has 0 radical (unpaired) electrons. The Morgan fingerprint density at radius 1 is 1.00 bits per heavy atom. The second-order valence-corrected chi connectivity index (χ2v) is 3.99. The van der Waals surface area contributed by atoms with Crippen molar-refractivity contribution >= 4 is 0 Å². The van der Waals surface area contributed by atoms with E-state index >= 15 is 0 Å². The molecule has 0 aliphatic rings. The van der Waals surface area contributed by atoms with E-state index in [9.17, 15) is 0 Å². The molecule has 1 rings (SSSR count). The average Bonchev–Trinajstić information content (AvgIpc) is 2.27. The first-order valence-electron chi connectivity index (χ1n) is 5.97. The highest BCUT2D eigenvalue weighted by molar-refractivity contribution is 5.35. The highest BCUT2D eigenvalue weighted by Gasteiger charge is 2.03. The van der Waals surface area contributed by atoms with Crippen molar-refractivity contribution in [3.8, 4) is 5.75 Å². The van der Waals surface area contributed by atoms with Crippen LogP contribution in [0, 0.1) is 0 Å². The SMILES string of the molecule is CCCCc1ccc(OC)cc1CCC. The molecule has 0 heterocycles. The largest absolute Gasteiger partial charge is 0.497 e. The fourth-order valence-electron chi connectivity index (χ4n) is 1.84. The van der Waals surface area contributed by atoms with Gasteiger partial charge in [0.2, 0.25) is 0 Å². The minimum atomic E-state index is 0.985. The van der Waals surface area contributed by atoms with Gasteiger partial charge in [-0.05, 0) is 42.5 Å². The zero-order valence-electron chi connectivity index (χ0n) is 10.2. The molecular formula is C14H22O. The summed E-state index contributed by atoms with van der Waals surface area (Å²) in [5.41, 5.74) is 2.96. The van der Waals surface area contributed by atoms with Crippen LogP contribution in [0.3, 0.4) is 0 Å². The molecule has 1 heteroatoms. The van der Waals surface area contributed by atoms with Gasteiger partial charge >= 0.3 is 0 Å². The van der Waals surface area contributed by atoms with Gasteiger partial charge in [-0.2, -0.15) is 0 Å². The second-order valence-electron chi connectivity index (χ2n) is 3.99. The lowest BCUT2D eigenvalue weighted by Crippen LogP contribution is -1.95. The summed E-state index contributed by atoms with van der Waals surface area (Å²) in [5, 5.41) is 0. The molecule has 0 N–H and O–H groups in total. The normalized spacial score (nSPS) is 10.3. The quantitative estimate of drug-likeness (QED) is 0.684. The van der Waals surface area contributed by atoms with Gasteiger partial charge in [0.25, 0.3) is 0 Å². The summed E-state index contributed by atoms with van der Waals surface area (Å²) in [4.78, 5) is 0. The number of methoxy groups -OCH3 is 1. The summed E-state index contributed by atoms with van der Waals surface area (Å²) in [6.45, 7) is 4.46. The number of benzene rings is 1. The Kier molecular flexibility index (Phi) is 5.23. The second kappa shape index (κ2) is 6.49. The highest BCUT2D eigenvalue weighted by Crippen LogP contribution is 2.20. The molecule has 0 fully saturated rings. The number of ether oxygens (including phenoxy) is 1. The molecule has 1 aromatic carbocycles. The first-order valence-corrected chi connectivity index (χ1v) is 5.97. The third-order valence-corrected chi connectivity index (χ3v) is 2.73. The zero-order valence-corrected chi connectivity index (χ0v) is 10.2. The number of aryl methyl sites for hydroxylation is 2. The van der Waals surface area contributed by atoms with Gasteiger partial charge in [-0.1, -0.05) is 32.8 Å². The van der Waals surface area contributed by atoms with E-state index in [-0.39, 0.29) is 0 Å². The lowest BCUT2D eigenvalue weighted by atomic mass is 9.98. The Hall–Kier alpha value is -0.980. The molecule has 84 valence electrons. The Labute approximate surface area is 93.5 Å². The fraction of sp³-hybridized carbons (Fsp3) is 0.571. The van der Waals surface area contributed by atoms with Crippen LogP contribution in [0.15, 0.2) is 18.2 Å². The Bertz CT molecular complexity index is 291. The van der Waals surface area contributed by atoms with Gasteiger partial charge in [-0.15, -0.1) is 0 Å². The topological polar surface area (TPSA) is 9.23 Å². The molecule has 0 unspecified atom stereocenters. The van der Waals surface area contributed by atoms with Crippen molar-refractivity contribution in [1.29, 1.82) is 0 Å². The Balaban J connectivity index is 2.82. The number of unbranched alkanes of at least 4 members (excludes halogenated alkanes) is 1. The van der Waals surface area contributed by atoms with Crippen molar-refractivity contribution in [2.45, 2.75) is 46.0 Å². The van der Waals surface area contributed by atoms with E-state index in [2.05, 4.69) is 32.0 Å². The monoisotopic (exact) mass is 206 g/mol. The number of rotatable bonds is 6. The molecule has 0 aliphatic heterocycles. The molecule has 1 aromatic rings. The van der Waals surface area contributed by atoms with E-state index in [1.54, 1.807) is 7.11 Å². The van der Waals surface area contributed by atoms with Crippen LogP contribution in [-0.2, 0) is 12.8 Å². The van der Waals surface area contributed by atoms with Gasteiger partial charge in [0.05, 0.1) is 7.11 Å². The van der Waals surface area contributed by atoms with Crippen LogP contribution in [0.4, 0.5) is 0 Å². The van der Waals surface area contributed by atoms with Gasteiger partial charge in [-0.25, -0.2) is 0 Å². The van der Waals surface area contributed by atoms with Gasteiger partial charge in [0.15, 0.2) is 0 Å². The summed E-state index contributed by atoms with van der Waals surface area (Å²) in [5.74, 6) is 0.985. The zero-order chi connectivity index (χ0) is 11.1. The van der Waals surface area contributed by atoms with E-state index < -0.39 is 0 Å². The van der Waals surface area contributed by atoms with Crippen LogP contribution >= 0.6 is 0 Å². The molecule has 0 atom stereocenters. The van der Waals surface area contributed by atoms with Gasteiger partial charge < -0.3 is 4.74 Å².